The van der Waals surface area contributed by atoms with Gasteiger partial charge in [-0.05, 0) is 45.8 Å². The first-order valence-corrected chi connectivity index (χ1v) is 10.6. The Hall–Kier alpha value is -2.54. The normalized spacial score (nSPS) is 20.5. The Morgan fingerprint density at radius 1 is 1.10 bits per heavy atom. The van der Waals surface area contributed by atoms with Gasteiger partial charge in [0, 0.05) is 17.8 Å². The first-order valence-electron chi connectivity index (χ1n) is 10.6. The van der Waals surface area contributed by atoms with Crippen LogP contribution in [0.3, 0.4) is 0 Å². The zero-order chi connectivity index (χ0) is 20.6. The van der Waals surface area contributed by atoms with E-state index in [4.69, 9.17) is 9.47 Å². The molecule has 2 aliphatic heterocycles. The highest BCUT2D eigenvalue weighted by Crippen LogP contribution is 2.34. The Kier molecular flexibility index (Phi) is 7.52. The number of benzene rings is 1. The molecule has 2 N–H and O–H groups in total. The highest BCUT2D eigenvalue weighted by molar-refractivity contribution is 5.95. The van der Waals surface area contributed by atoms with E-state index in [1.807, 2.05) is 31.2 Å². The zero-order valence-corrected chi connectivity index (χ0v) is 17.3. The fraction of sp³-hybridized carbons (Fsp3) is 0.545. The van der Waals surface area contributed by atoms with Crippen LogP contribution < -0.4 is 15.4 Å². The number of carbonyl (C=O) groups excluding carboxylic acids is 2. The number of amides is 2. The van der Waals surface area contributed by atoms with Crippen LogP contribution in [0.2, 0.25) is 0 Å². The molecule has 0 bridgehead atoms. The number of rotatable bonds is 7. The molecule has 1 aromatic carbocycles. The van der Waals surface area contributed by atoms with Gasteiger partial charge in [-0.3, -0.25) is 4.90 Å². The second-order valence-corrected chi connectivity index (χ2v) is 7.31. The third-order valence-electron chi connectivity index (χ3n) is 5.26. The van der Waals surface area contributed by atoms with Gasteiger partial charge in [0.05, 0.1) is 24.8 Å². The van der Waals surface area contributed by atoms with Gasteiger partial charge in [-0.2, -0.15) is 0 Å². The highest BCUT2D eigenvalue weighted by Gasteiger charge is 2.35. The van der Waals surface area contributed by atoms with Crippen molar-refractivity contribution in [3.05, 3.63) is 41.1 Å². The molecule has 0 aliphatic carbocycles. The molecule has 29 heavy (non-hydrogen) atoms. The first-order chi connectivity index (χ1) is 14.1. The number of hydrogen-bond acceptors (Lipinski definition) is 5. The van der Waals surface area contributed by atoms with Crippen LogP contribution >= 0.6 is 0 Å². The van der Waals surface area contributed by atoms with E-state index in [1.165, 1.54) is 12.8 Å². The number of esters is 1. The van der Waals surface area contributed by atoms with Crippen LogP contribution in [0.15, 0.2) is 35.5 Å². The number of nitrogens with one attached hydrogen (secondary N) is 2. The largest absolute Gasteiger partial charge is 0.494 e. The van der Waals surface area contributed by atoms with E-state index in [0.29, 0.717) is 30.2 Å². The van der Waals surface area contributed by atoms with Crippen molar-refractivity contribution in [3.63, 3.8) is 0 Å². The number of ether oxygens (including phenoxy) is 2. The second-order valence-electron chi connectivity index (χ2n) is 7.31. The molecule has 2 heterocycles. The Bertz CT molecular complexity index is 754. The maximum atomic E-state index is 12.9. The Labute approximate surface area is 172 Å². The Morgan fingerprint density at radius 2 is 1.83 bits per heavy atom. The number of hydrogen-bond donors (Lipinski definition) is 2. The van der Waals surface area contributed by atoms with Gasteiger partial charge in [0.2, 0.25) is 0 Å². The van der Waals surface area contributed by atoms with Crippen LogP contribution in [0.25, 0.3) is 0 Å². The van der Waals surface area contributed by atoms with Gasteiger partial charge in [-0.25, -0.2) is 9.59 Å². The Balaban J connectivity index is 2.01. The van der Waals surface area contributed by atoms with E-state index in [0.717, 1.165) is 31.5 Å². The molecule has 2 aliphatic rings. The minimum atomic E-state index is -0.618. The molecule has 1 unspecified atom stereocenters. The predicted octanol–water partition coefficient (Wildman–Crippen LogP) is 3.13. The van der Waals surface area contributed by atoms with Gasteiger partial charge >= 0.3 is 12.0 Å². The van der Waals surface area contributed by atoms with Crippen molar-refractivity contribution in [1.82, 2.24) is 15.5 Å². The summed E-state index contributed by atoms with van der Waals surface area (Å²) in [6.07, 6.45) is 4.70. The minimum Gasteiger partial charge on any atom is -0.494 e. The van der Waals surface area contributed by atoms with Crippen molar-refractivity contribution in [3.8, 4) is 5.75 Å². The maximum absolute atomic E-state index is 12.9. The fourth-order valence-electron chi connectivity index (χ4n) is 3.95. The van der Waals surface area contributed by atoms with E-state index in [-0.39, 0.29) is 12.6 Å². The second kappa shape index (κ2) is 10.3. The molecular formula is C22H31N3O4. The summed E-state index contributed by atoms with van der Waals surface area (Å²) >= 11 is 0. The SMILES string of the molecule is CCOC(=O)C1=C(CN2CCCCCC2)NC(=O)NC1c1ccccc1OCC. The molecule has 1 atom stereocenters. The molecule has 3 rings (SSSR count). The lowest BCUT2D eigenvalue weighted by atomic mass is 9.94. The van der Waals surface area contributed by atoms with Gasteiger partial charge in [0.25, 0.3) is 0 Å². The summed E-state index contributed by atoms with van der Waals surface area (Å²) in [5.74, 6) is 0.235. The van der Waals surface area contributed by atoms with Crippen LogP contribution in [0.5, 0.6) is 5.75 Å². The molecule has 7 heteroatoms. The van der Waals surface area contributed by atoms with Gasteiger partial charge in [-0.15, -0.1) is 0 Å². The molecule has 1 saturated heterocycles. The Morgan fingerprint density at radius 3 is 2.52 bits per heavy atom. The summed E-state index contributed by atoms with van der Waals surface area (Å²) in [7, 11) is 0. The van der Waals surface area contributed by atoms with Crippen molar-refractivity contribution in [1.29, 1.82) is 0 Å². The molecule has 7 nitrogen and oxygen atoms in total. The lowest BCUT2D eigenvalue weighted by molar-refractivity contribution is -0.139. The molecule has 1 aromatic rings. The van der Waals surface area contributed by atoms with Crippen LogP contribution in [0, 0.1) is 0 Å². The minimum absolute atomic E-state index is 0.271. The summed E-state index contributed by atoms with van der Waals surface area (Å²) in [5, 5.41) is 5.76. The third kappa shape index (κ3) is 5.29. The summed E-state index contributed by atoms with van der Waals surface area (Å²) in [4.78, 5) is 27.7. The van der Waals surface area contributed by atoms with Crippen molar-refractivity contribution in [2.24, 2.45) is 0 Å². The zero-order valence-electron chi connectivity index (χ0n) is 17.3. The molecule has 0 aromatic heterocycles. The molecule has 0 saturated carbocycles. The van der Waals surface area contributed by atoms with Gasteiger partial charge in [0.1, 0.15) is 5.75 Å². The summed E-state index contributed by atoms with van der Waals surface area (Å²) in [6, 6.07) is 6.55. The van der Waals surface area contributed by atoms with E-state index in [2.05, 4.69) is 15.5 Å². The van der Waals surface area contributed by atoms with Gasteiger partial charge in [-0.1, -0.05) is 31.0 Å². The van der Waals surface area contributed by atoms with E-state index in [9.17, 15) is 9.59 Å². The number of nitrogens with zero attached hydrogens (tertiary/aromatic N) is 1. The molecule has 158 valence electrons. The van der Waals surface area contributed by atoms with Crippen LogP contribution in [0.4, 0.5) is 4.79 Å². The van der Waals surface area contributed by atoms with E-state index >= 15 is 0 Å². The summed E-state index contributed by atoms with van der Waals surface area (Å²) < 4.78 is 11.1. The lowest BCUT2D eigenvalue weighted by Crippen LogP contribution is -2.48. The van der Waals surface area contributed by atoms with Crippen molar-refractivity contribution in [2.45, 2.75) is 45.6 Å². The average molecular weight is 402 g/mol. The van der Waals surface area contributed by atoms with Crippen molar-refractivity contribution >= 4 is 12.0 Å². The molecule has 0 spiro atoms. The van der Waals surface area contributed by atoms with Crippen LogP contribution in [-0.2, 0) is 9.53 Å². The monoisotopic (exact) mass is 401 g/mol. The predicted molar refractivity (Wildman–Crippen MR) is 111 cm³/mol. The average Bonchev–Trinajstić information content (AvgIpc) is 2.97. The maximum Gasteiger partial charge on any atom is 0.338 e. The quantitative estimate of drug-likeness (QED) is 0.686. The van der Waals surface area contributed by atoms with Crippen LogP contribution in [-0.4, -0.2) is 49.7 Å². The first kappa shape index (κ1) is 21.2. The molecule has 2 amide bonds. The van der Waals surface area contributed by atoms with E-state index in [1.54, 1.807) is 6.92 Å². The van der Waals surface area contributed by atoms with Crippen molar-refractivity contribution < 1.29 is 19.1 Å². The summed E-state index contributed by atoms with van der Waals surface area (Å²) in [6.45, 7) is 6.90. The standard InChI is InChI=1S/C22H31N3O4/c1-3-28-18-12-8-7-11-16(18)20-19(21(26)29-4-2)17(23-22(27)24-20)15-25-13-9-5-6-10-14-25/h7-8,11-12,20H,3-6,9-10,13-15H2,1-2H3,(H2,23,24,27). The smallest absolute Gasteiger partial charge is 0.338 e. The van der Waals surface area contributed by atoms with E-state index < -0.39 is 12.0 Å². The number of carbonyl (C=O) groups is 2. The molecule has 0 radical (unpaired) electrons. The van der Waals surface area contributed by atoms with Gasteiger partial charge < -0.3 is 20.1 Å². The van der Waals surface area contributed by atoms with Crippen LogP contribution in [0.1, 0.15) is 51.1 Å². The fourth-order valence-corrected chi connectivity index (χ4v) is 3.95. The molecule has 1 fully saturated rings. The lowest BCUT2D eigenvalue weighted by Gasteiger charge is -2.32. The number of urea groups is 1. The molecular weight excluding hydrogens is 370 g/mol. The number of likely N-dealkylation sites (tertiary alicyclic amines) is 1. The summed E-state index contributed by atoms with van der Waals surface area (Å²) in [5.41, 5.74) is 1.81. The highest BCUT2D eigenvalue weighted by atomic mass is 16.5. The third-order valence-corrected chi connectivity index (χ3v) is 5.26. The van der Waals surface area contributed by atoms with Crippen molar-refractivity contribution in [2.75, 3.05) is 32.8 Å². The number of para-hydroxylation sites is 1. The van der Waals surface area contributed by atoms with Gasteiger partial charge in [0.15, 0.2) is 0 Å². The topological polar surface area (TPSA) is 79.9 Å².